The zero-order valence-electron chi connectivity index (χ0n) is 13.0. The fourth-order valence-electron chi connectivity index (χ4n) is 3.66. The van der Waals surface area contributed by atoms with Gasteiger partial charge in [-0.1, -0.05) is 13.8 Å². The van der Waals surface area contributed by atoms with E-state index in [1.54, 1.807) is 18.2 Å². The van der Waals surface area contributed by atoms with Gasteiger partial charge in [-0.3, -0.25) is 0 Å². The summed E-state index contributed by atoms with van der Waals surface area (Å²) in [6, 6.07) is -0.306. The SMILES string of the molecule is CC1CC(C)CN(S(=O)(=O)N2CCCC2C(C)(C)O)C1. The van der Waals surface area contributed by atoms with Crippen LogP contribution in [-0.2, 0) is 10.2 Å². The lowest BCUT2D eigenvalue weighted by atomic mass is 9.94. The number of aliphatic hydroxyl groups is 1. The normalized spacial score (nSPS) is 34.5. The van der Waals surface area contributed by atoms with Crippen LogP contribution in [0, 0.1) is 11.8 Å². The first-order valence-electron chi connectivity index (χ1n) is 7.61. The second-order valence-electron chi connectivity index (χ2n) is 7.19. The van der Waals surface area contributed by atoms with E-state index in [1.807, 2.05) is 0 Å². The fraction of sp³-hybridized carbons (Fsp3) is 1.00. The molecule has 2 rings (SSSR count). The van der Waals surface area contributed by atoms with Gasteiger partial charge in [0.1, 0.15) is 0 Å². The van der Waals surface area contributed by atoms with Crippen molar-refractivity contribution in [3.63, 3.8) is 0 Å². The van der Waals surface area contributed by atoms with E-state index in [4.69, 9.17) is 0 Å². The van der Waals surface area contributed by atoms with Gasteiger partial charge in [-0.2, -0.15) is 17.0 Å². The summed E-state index contributed by atoms with van der Waals surface area (Å²) in [7, 11) is -3.45. The maximum absolute atomic E-state index is 12.9. The van der Waals surface area contributed by atoms with E-state index in [0.29, 0.717) is 31.5 Å². The van der Waals surface area contributed by atoms with Crippen LogP contribution >= 0.6 is 0 Å². The van der Waals surface area contributed by atoms with Gasteiger partial charge in [0.25, 0.3) is 10.2 Å². The lowest BCUT2D eigenvalue weighted by Crippen LogP contribution is -2.55. The number of hydrogen-bond donors (Lipinski definition) is 1. The van der Waals surface area contributed by atoms with Gasteiger partial charge in [-0.25, -0.2) is 0 Å². The molecule has 3 unspecified atom stereocenters. The Morgan fingerprint density at radius 3 is 2.20 bits per heavy atom. The Labute approximate surface area is 123 Å². The molecule has 1 N–H and O–H groups in total. The monoisotopic (exact) mass is 304 g/mol. The summed E-state index contributed by atoms with van der Waals surface area (Å²) in [4.78, 5) is 0. The van der Waals surface area contributed by atoms with Crippen LogP contribution in [0.5, 0.6) is 0 Å². The van der Waals surface area contributed by atoms with Crippen molar-refractivity contribution in [2.75, 3.05) is 19.6 Å². The quantitative estimate of drug-likeness (QED) is 0.858. The Morgan fingerprint density at radius 2 is 1.70 bits per heavy atom. The second kappa shape index (κ2) is 5.55. The van der Waals surface area contributed by atoms with E-state index in [-0.39, 0.29) is 6.04 Å². The largest absolute Gasteiger partial charge is 0.389 e. The van der Waals surface area contributed by atoms with Gasteiger partial charge < -0.3 is 5.11 Å². The van der Waals surface area contributed by atoms with Crippen molar-refractivity contribution in [1.82, 2.24) is 8.61 Å². The van der Waals surface area contributed by atoms with Crippen LogP contribution in [0.4, 0.5) is 0 Å². The molecule has 0 aromatic rings. The minimum atomic E-state index is -3.45. The molecule has 0 spiro atoms. The van der Waals surface area contributed by atoms with Crippen LogP contribution < -0.4 is 0 Å². The summed E-state index contributed by atoms with van der Waals surface area (Å²) in [5, 5.41) is 10.2. The predicted octanol–water partition coefficient (Wildman–Crippen LogP) is 1.44. The van der Waals surface area contributed by atoms with Crippen LogP contribution in [0.25, 0.3) is 0 Å². The number of hydrogen-bond acceptors (Lipinski definition) is 3. The standard InChI is InChI=1S/C14H28N2O3S/c1-11-8-12(2)10-15(9-11)20(18,19)16-7-5-6-13(16)14(3,4)17/h11-13,17H,5-10H2,1-4H3. The van der Waals surface area contributed by atoms with Crippen LogP contribution in [0.15, 0.2) is 0 Å². The van der Waals surface area contributed by atoms with Gasteiger partial charge in [0.15, 0.2) is 0 Å². The molecule has 2 heterocycles. The topological polar surface area (TPSA) is 60.9 Å². The third-order valence-corrected chi connectivity index (χ3v) is 6.46. The first-order valence-corrected chi connectivity index (χ1v) is 9.01. The number of nitrogens with zero attached hydrogens (tertiary/aromatic N) is 2. The first-order chi connectivity index (χ1) is 9.12. The summed E-state index contributed by atoms with van der Waals surface area (Å²) in [5.41, 5.74) is -0.989. The van der Waals surface area contributed by atoms with Gasteiger partial charge in [0, 0.05) is 19.6 Å². The minimum absolute atomic E-state index is 0.306. The molecule has 6 heteroatoms. The molecule has 118 valence electrons. The van der Waals surface area contributed by atoms with Crippen molar-refractivity contribution in [3.05, 3.63) is 0 Å². The molecule has 2 aliphatic heterocycles. The third-order valence-electron chi connectivity index (χ3n) is 4.48. The Balaban J connectivity index is 2.21. The highest BCUT2D eigenvalue weighted by molar-refractivity contribution is 7.86. The number of rotatable bonds is 3. The molecule has 20 heavy (non-hydrogen) atoms. The molecule has 5 nitrogen and oxygen atoms in total. The van der Waals surface area contributed by atoms with Crippen LogP contribution in [-0.4, -0.2) is 53.4 Å². The van der Waals surface area contributed by atoms with E-state index in [1.165, 1.54) is 4.31 Å². The summed E-state index contributed by atoms with van der Waals surface area (Å²) in [6.45, 7) is 9.34. The molecular formula is C14H28N2O3S. The summed E-state index contributed by atoms with van der Waals surface area (Å²) in [5.74, 6) is 0.799. The van der Waals surface area contributed by atoms with Crippen molar-refractivity contribution < 1.29 is 13.5 Å². The predicted molar refractivity (Wildman–Crippen MR) is 79.5 cm³/mol. The van der Waals surface area contributed by atoms with Crippen molar-refractivity contribution in [2.24, 2.45) is 11.8 Å². The minimum Gasteiger partial charge on any atom is -0.389 e. The molecule has 0 bridgehead atoms. The molecule has 0 amide bonds. The Bertz CT molecular complexity index is 434. The van der Waals surface area contributed by atoms with E-state index >= 15 is 0 Å². The molecule has 2 aliphatic rings. The maximum atomic E-state index is 12.9. The van der Waals surface area contributed by atoms with Crippen LogP contribution in [0.1, 0.15) is 47.0 Å². The fourth-order valence-corrected chi connectivity index (χ4v) is 5.89. The van der Waals surface area contributed by atoms with Crippen LogP contribution in [0.3, 0.4) is 0 Å². The molecule has 0 saturated carbocycles. The molecule has 0 aromatic carbocycles. The van der Waals surface area contributed by atoms with E-state index in [2.05, 4.69) is 13.8 Å². The highest BCUT2D eigenvalue weighted by atomic mass is 32.2. The Kier molecular flexibility index (Phi) is 4.50. The highest BCUT2D eigenvalue weighted by Crippen LogP contribution is 2.32. The van der Waals surface area contributed by atoms with Gasteiger partial charge in [0.05, 0.1) is 11.6 Å². The average Bonchev–Trinajstić information content (AvgIpc) is 2.76. The number of piperidine rings is 1. The Morgan fingerprint density at radius 1 is 1.15 bits per heavy atom. The Hall–Kier alpha value is -0.170. The lowest BCUT2D eigenvalue weighted by Gasteiger charge is -2.40. The molecule has 0 aromatic heterocycles. The second-order valence-corrected chi connectivity index (χ2v) is 9.07. The van der Waals surface area contributed by atoms with Crippen molar-refractivity contribution in [1.29, 1.82) is 0 Å². The van der Waals surface area contributed by atoms with Gasteiger partial charge in [-0.15, -0.1) is 0 Å². The van der Waals surface area contributed by atoms with E-state index in [9.17, 15) is 13.5 Å². The first kappa shape index (κ1) is 16.2. The van der Waals surface area contributed by atoms with Crippen molar-refractivity contribution in [3.8, 4) is 0 Å². The molecule has 0 aliphatic carbocycles. The maximum Gasteiger partial charge on any atom is 0.282 e. The zero-order chi connectivity index (χ0) is 15.1. The van der Waals surface area contributed by atoms with Crippen molar-refractivity contribution >= 4 is 10.2 Å². The van der Waals surface area contributed by atoms with E-state index in [0.717, 1.165) is 19.3 Å². The third kappa shape index (κ3) is 3.18. The lowest BCUT2D eigenvalue weighted by molar-refractivity contribution is 0.0192. The molecule has 0 radical (unpaired) electrons. The summed E-state index contributed by atoms with van der Waals surface area (Å²) in [6.07, 6.45) is 2.65. The summed E-state index contributed by atoms with van der Waals surface area (Å²) >= 11 is 0. The highest BCUT2D eigenvalue weighted by Gasteiger charge is 2.45. The van der Waals surface area contributed by atoms with E-state index < -0.39 is 15.8 Å². The van der Waals surface area contributed by atoms with Crippen molar-refractivity contribution in [2.45, 2.75) is 58.6 Å². The molecular weight excluding hydrogens is 276 g/mol. The smallest absolute Gasteiger partial charge is 0.282 e. The molecule has 2 saturated heterocycles. The van der Waals surface area contributed by atoms with Gasteiger partial charge >= 0.3 is 0 Å². The van der Waals surface area contributed by atoms with Crippen LogP contribution in [0.2, 0.25) is 0 Å². The van der Waals surface area contributed by atoms with Gasteiger partial charge in [-0.05, 0) is 44.9 Å². The van der Waals surface area contributed by atoms with Gasteiger partial charge in [0.2, 0.25) is 0 Å². The molecule has 2 fully saturated rings. The summed E-state index contributed by atoms with van der Waals surface area (Å²) < 4.78 is 28.9. The zero-order valence-corrected chi connectivity index (χ0v) is 13.9. The molecule has 3 atom stereocenters. The average molecular weight is 304 g/mol.